The maximum Gasteiger partial charge on any atom is 0.129 e. The van der Waals surface area contributed by atoms with Gasteiger partial charge in [0.1, 0.15) is 5.82 Å². The molecule has 2 aromatic carbocycles. The zero-order chi connectivity index (χ0) is 22.3. The van der Waals surface area contributed by atoms with Gasteiger partial charge in [-0.05, 0) is 48.6 Å². The zero-order valence-electron chi connectivity index (χ0n) is 19.1. The van der Waals surface area contributed by atoms with Crippen molar-refractivity contribution in [3.05, 3.63) is 78.4 Å². The molecule has 1 aliphatic carbocycles. The van der Waals surface area contributed by atoms with Crippen LogP contribution >= 0.6 is 12.4 Å². The lowest BCUT2D eigenvalue weighted by molar-refractivity contribution is 0.122. The highest BCUT2D eigenvalue weighted by Gasteiger charge is 2.34. The Labute approximate surface area is 206 Å². The Hall–Kier alpha value is -2.99. The highest BCUT2D eigenvalue weighted by Crippen LogP contribution is 2.40. The van der Waals surface area contributed by atoms with Crippen molar-refractivity contribution in [3.8, 4) is 22.4 Å². The van der Waals surface area contributed by atoms with Gasteiger partial charge in [0.05, 0.1) is 29.9 Å². The van der Waals surface area contributed by atoms with Gasteiger partial charge in [0.25, 0.3) is 0 Å². The topological polar surface area (TPSA) is 64.3 Å². The fraction of sp³-hybridized carbons (Fsp3) is 0.286. The molecule has 4 aromatic rings. The molecule has 2 aromatic heterocycles. The zero-order valence-corrected chi connectivity index (χ0v) is 19.9. The van der Waals surface area contributed by atoms with Crippen molar-refractivity contribution >= 4 is 29.3 Å². The van der Waals surface area contributed by atoms with Crippen molar-refractivity contribution in [3.63, 3.8) is 0 Å². The van der Waals surface area contributed by atoms with Gasteiger partial charge in [-0.2, -0.15) is 0 Å². The number of hydrogen-bond donors (Lipinski definition) is 1. The number of rotatable bonds is 4. The second-order valence-electron chi connectivity index (χ2n) is 9.14. The number of fused-ring (bicyclic) bond motifs is 1. The van der Waals surface area contributed by atoms with Crippen molar-refractivity contribution in [1.29, 1.82) is 0 Å². The SMILES string of the molecule is Cl.NC1(c2ccc(-c3nc4ccc(N5CCOCC5)nc4cc3-c3ccccc3)cc2)CCC1. The molecule has 0 amide bonds. The van der Waals surface area contributed by atoms with E-state index in [4.69, 9.17) is 20.4 Å². The van der Waals surface area contributed by atoms with Crippen LogP contribution in [0.25, 0.3) is 33.4 Å². The number of hydrogen-bond acceptors (Lipinski definition) is 5. The van der Waals surface area contributed by atoms with Gasteiger partial charge >= 0.3 is 0 Å². The summed E-state index contributed by atoms with van der Waals surface area (Å²) in [5, 5.41) is 0. The maximum atomic E-state index is 6.55. The van der Waals surface area contributed by atoms with Gasteiger partial charge in [-0.25, -0.2) is 9.97 Å². The molecular formula is C28H29ClN4O. The largest absolute Gasteiger partial charge is 0.378 e. The molecule has 2 aliphatic rings. The molecule has 5 nitrogen and oxygen atoms in total. The number of morpholine rings is 1. The summed E-state index contributed by atoms with van der Waals surface area (Å²) in [6.07, 6.45) is 3.34. The van der Waals surface area contributed by atoms with Crippen LogP contribution < -0.4 is 10.6 Å². The van der Waals surface area contributed by atoms with Gasteiger partial charge in [0.15, 0.2) is 0 Å². The average molecular weight is 473 g/mol. The van der Waals surface area contributed by atoms with Crippen molar-refractivity contribution in [2.45, 2.75) is 24.8 Å². The molecule has 0 spiro atoms. The monoisotopic (exact) mass is 472 g/mol. The molecule has 0 atom stereocenters. The summed E-state index contributed by atoms with van der Waals surface area (Å²) >= 11 is 0. The fourth-order valence-corrected chi connectivity index (χ4v) is 4.88. The minimum Gasteiger partial charge on any atom is -0.378 e. The van der Waals surface area contributed by atoms with E-state index in [0.717, 1.165) is 78.4 Å². The highest BCUT2D eigenvalue weighted by atomic mass is 35.5. The summed E-state index contributed by atoms with van der Waals surface area (Å²) < 4.78 is 5.50. The van der Waals surface area contributed by atoms with Gasteiger partial charge in [-0.3, -0.25) is 0 Å². The Bertz CT molecular complexity index is 1280. The first-order chi connectivity index (χ1) is 16.2. The predicted octanol–water partition coefficient (Wildman–Crippen LogP) is 5.56. The van der Waals surface area contributed by atoms with Gasteiger partial charge in [0.2, 0.25) is 0 Å². The molecule has 3 heterocycles. The van der Waals surface area contributed by atoms with E-state index < -0.39 is 0 Å². The van der Waals surface area contributed by atoms with Crippen LogP contribution in [-0.2, 0) is 10.3 Å². The summed E-state index contributed by atoms with van der Waals surface area (Å²) in [6, 6.07) is 25.5. The third-order valence-electron chi connectivity index (χ3n) is 7.06. The van der Waals surface area contributed by atoms with E-state index in [9.17, 15) is 0 Å². The lowest BCUT2D eigenvalue weighted by Gasteiger charge is -2.38. The van der Waals surface area contributed by atoms with Crippen molar-refractivity contribution in [1.82, 2.24) is 9.97 Å². The van der Waals surface area contributed by atoms with E-state index in [1.165, 1.54) is 12.0 Å². The number of anilines is 1. The summed E-state index contributed by atoms with van der Waals surface area (Å²) in [5.41, 5.74) is 13.7. The first kappa shape index (κ1) is 22.8. The van der Waals surface area contributed by atoms with Gasteiger partial charge in [0, 0.05) is 29.8 Å². The molecule has 1 saturated heterocycles. The predicted molar refractivity (Wildman–Crippen MR) is 140 cm³/mol. The van der Waals surface area contributed by atoms with Crippen molar-refractivity contribution in [2.75, 3.05) is 31.2 Å². The minimum atomic E-state index is -0.155. The number of halogens is 1. The second kappa shape index (κ2) is 9.34. The number of benzene rings is 2. The molecule has 34 heavy (non-hydrogen) atoms. The Morgan fingerprint density at radius 2 is 1.53 bits per heavy atom. The fourth-order valence-electron chi connectivity index (χ4n) is 4.88. The van der Waals surface area contributed by atoms with Crippen LogP contribution in [0.3, 0.4) is 0 Å². The van der Waals surface area contributed by atoms with Crippen LogP contribution in [0.5, 0.6) is 0 Å². The van der Waals surface area contributed by atoms with E-state index in [0.29, 0.717) is 0 Å². The smallest absolute Gasteiger partial charge is 0.129 e. The van der Waals surface area contributed by atoms with Crippen LogP contribution in [0, 0.1) is 0 Å². The second-order valence-corrected chi connectivity index (χ2v) is 9.14. The molecule has 0 radical (unpaired) electrons. The maximum absolute atomic E-state index is 6.55. The molecule has 174 valence electrons. The molecule has 6 heteroatoms. The molecular weight excluding hydrogens is 444 g/mol. The van der Waals surface area contributed by atoms with E-state index in [1.54, 1.807) is 0 Å². The molecule has 2 N–H and O–H groups in total. The minimum absolute atomic E-state index is 0. The highest BCUT2D eigenvalue weighted by molar-refractivity contribution is 5.90. The quantitative estimate of drug-likeness (QED) is 0.421. The number of nitrogens with zero attached hydrogens (tertiary/aromatic N) is 3. The lowest BCUT2D eigenvalue weighted by Crippen LogP contribution is -2.43. The molecule has 0 bridgehead atoms. The Kier molecular flexibility index (Phi) is 6.26. The van der Waals surface area contributed by atoms with E-state index >= 15 is 0 Å². The third-order valence-corrected chi connectivity index (χ3v) is 7.06. The summed E-state index contributed by atoms with van der Waals surface area (Å²) in [5.74, 6) is 0.984. The van der Waals surface area contributed by atoms with Crippen molar-refractivity contribution < 1.29 is 4.74 Å². The van der Waals surface area contributed by atoms with Crippen molar-refractivity contribution in [2.24, 2.45) is 5.73 Å². The van der Waals surface area contributed by atoms with Gasteiger partial charge in [-0.1, -0.05) is 54.6 Å². The number of ether oxygens (including phenoxy) is 1. The van der Waals surface area contributed by atoms with Crippen LogP contribution in [-0.4, -0.2) is 36.3 Å². The molecule has 0 unspecified atom stereocenters. The summed E-state index contributed by atoms with van der Waals surface area (Å²) in [4.78, 5) is 12.4. The summed E-state index contributed by atoms with van der Waals surface area (Å²) in [7, 11) is 0. The number of nitrogens with two attached hydrogens (primary N) is 1. The average Bonchev–Trinajstić information content (AvgIpc) is 2.87. The first-order valence-corrected chi connectivity index (χ1v) is 11.8. The Morgan fingerprint density at radius 3 is 2.21 bits per heavy atom. The van der Waals surface area contributed by atoms with Crippen LogP contribution in [0.4, 0.5) is 5.82 Å². The van der Waals surface area contributed by atoms with Crippen LogP contribution in [0.1, 0.15) is 24.8 Å². The normalized spacial score (nSPS) is 17.1. The van der Waals surface area contributed by atoms with Crippen LogP contribution in [0.15, 0.2) is 72.8 Å². The van der Waals surface area contributed by atoms with Gasteiger partial charge < -0.3 is 15.4 Å². The van der Waals surface area contributed by atoms with E-state index in [-0.39, 0.29) is 17.9 Å². The molecule has 2 fully saturated rings. The Balaban J connectivity index is 0.00000241. The molecule has 6 rings (SSSR count). The number of aromatic nitrogens is 2. The molecule has 1 aliphatic heterocycles. The van der Waals surface area contributed by atoms with E-state index in [1.807, 2.05) is 6.07 Å². The first-order valence-electron chi connectivity index (χ1n) is 11.8. The van der Waals surface area contributed by atoms with Crippen LogP contribution in [0.2, 0.25) is 0 Å². The standard InChI is InChI=1S/C28H28N4O.ClH/c29-28(13-4-14-28)22-9-7-21(8-10-22)27-23(20-5-2-1-3-6-20)19-25-24(31-27)11-12-26(30-25)32-15-17-33-18-16-32;/h1-3,5-12,19H,4,13-18,29H2;1H. The number of pyridine rings is 2. The summed E-state index contributed by atoms with van der Waals surface area (Å²) in [6.45, 7) is 3.22. The van der Waals surface area contributed by atoms with Gasteiger partial charge in [-0.15, -0.1) is 12.4 Å². The van der Waals surface area contributed by atoms with E-state index in [2.05, 4.69) is 71.6 Å². The lowest BCUT2D eigenvalue weighted by atomic mass is 9.72. The Morgan fingerprint density at radius 1 is 0.794 bits per heavy atom. The molecule has 1 saturated carbocycles. The third kappa shape index (κ3) is 4.16.